The molecule has 5 heteroatoms. The fourth-order valence-electron chi connectivity index (χ4n) is 2.10. The quantitative estimate of drug-likeness (QED) is 0.573. The van der Waals surface area contributed by atoms with Gasteiger partial charge < -0.3 is 11.1 Å². The normalized spacial score (nSPS) is 15.9. The second-order valence-corrected chi connectivity index (χ2v) is 6.76. The number of halogens is 1. The van der Waals surface area contributed by atoms with E-state index >= 15 is 0 Å². The minimum Gasteiger partial charge on any atom is -0.352 e. The van der Waals surface area contributed by atoms with E-state index in [0.717, 1.165) is 17.2 Å². The maximum Gasteiger partial charge on any atom is 0.220 e. The molecule has 1 atom stereocenters. The summed E-state index contributed by atoms with van der Waals surface area (Å²) >= 11 is 7.59. The number of rotatable bonds is 8. The summed E-state index contributed by atoms with van der Waals surface area (Å²) in [6.07, 6.45) is 3.86. The van der Waals surface area contributed by atoms with Gasteiger partial charge >= 0.3 is 0 Å². The summed E-state index contributed by atoms with van der Waals surface area (Å²) in [4.78, 5) is 13.0. The summed E-state index contributed by atoms with van der Waals surface area (Å²) in [6, 6.07) is 7.97. The molecule has 3 N–H and O–H groups in total. The van der Waals surface area contributed by atoms with Crippen LogP contribution in [0.25, 0.3) is 0 Å². The zero-order valence-electron chi connectivity index (χ0n) is 11.5. The Balaban J connectivity index is 1.60. The van der Waals surface area contributed by atoms with Crippen molar-refractivity contribution in [3.8, 4) is 0 Å². The van der Waals surface area contributed by atoms with Gasteiger partial charge in [0.25, 0.3) is 0 Å². The maximum atomic E-state index is 11.8. The number of carbonyl (C=O) groups excluding carboxylic acids is 1. The molecule has 0 saturated heterocycles. The van der Waals surface area contributed by atoms with Crippen LogP contribution in [0.15, 0.2) is 29.2 Å². The van der Waals surface area contributed by atoms with Crippen LogP contribution >= 0.6 is 23.4 Å². The minimum absolute atomic E-state index is 0.129. The van der Waals surface area contributed by atoms with Gasteiger partial charge in [-0.1, -0.05) is 11.6 Å². The maximum absolute atomic E-state index is 11.8. The van der Waals surface area contributed by atoms with Crippen LogP contribution in [0.1, 0.15) is 25.7 Å². The van der Waals surface area contributed by atoms with Crippen molar-refractivity contribution in [2.45, 2.75) is 36.6 Å². The Kier molecular flexibility index (Phi) is 6.20. The van der Waals surface area contributed by atoms with E-state index in [9.17, 15) is 4.79 Å². The van der Waals surface area contributed by atoms with Crippen molar-refractivity contribution >= 4 is 29.3 Å². The van der Waals surface area contributed by atoms with E-state index in [4.69, 9.17) is 17.3 Å². The van der Waals surface area contributed by atoms with Gasteiger partial charge in [0.05, 0.1) is 0 Å². The second kappa shape index (κ2) is 7.91. The first-order valence-electron chi connectivity index (χ1n) is 7.07. The second-order valence-electron chi connectivity index (χ2n) is 5.15. The lowest BCUT2D eigenvalue weighted by atomic mass is 10.2. The van der Waals surface area contributed by atoms with Crippen LogP contribution < -0.4 is 11.1 Å². The van der Waals surface area contributed by atoms with E-state index < -0.39 is 0 Å². The van der Waals surface area contributed by atoms with E-state index in [1.165, 1.54) is 17.7 Å². The summed E-state index contributed by atoms with van der Waals surface area (Å²) in [5.74, 6) is 1.68. The van der Waals surface area contributed by atoms with Crippen LogP contribution in [0.5, 0.6) is 0 Å². The Morgan fingerprint density at radius 3 is 2.70 bits per heavy atom. The summed E-state index contributed by atoms with van der Waals surface area (Å²) in [5, 5.41) is 3.80. The molecular formula is C15H21ClN2OS. The number of carbonyl (C=O) groups is 1. The molecule has 1 amide bonds. The number of benzene rings is 1. The average molecular weight is 313 g/mol. The van der Waals surface area contributed by atoms with Gasteiger partial charge in [0.15, 0.2) is 0 Å². The third-order valence-electron chi connectivity index (χ3n) is 3.42. The molecule has 1 fully saturated rings. The Bertz CT molecular complexity index is 434. The van der Waals surface area contributed by atoms with Crippen molar-refractivity contribution in [3.63, 3.8) is 0 Å². The minimum atomic E-state index is 0.129. The highest BCUT2D eigenvalue weighted by atomic mass is 35.5. The predicted octanol–water partition coefficient (Wildman–Crippen LogP) is 3.07. The molecule has 0 heterocycles. The molecule has 0 aromatic heterocycles. The summed E-state index contributed by atoms with van der Waals surface area (Å²) in [7, 11) is 0. The number of nitrogens with two attached hydrogens (primary N) is 1. The molecule has 1 aliphatic carbocycles. The molecule has 1 aromatic rings. The van der Waals surface area contributed by atoms with E-state index in [1.807, 2.05) is 24.3 Å². The summed E-state index contributed by atoms with van der Waals surface area (Å²) in [5.41, 5.74) is 5.68. The van der Waals surface area contributed by atoms with E-state index in [0.29, 0.717) is 18.9 Å². The summed E-state index contributed by atoms with van der Waals surface area (Å²) < 4.78 is 0. The smallest absolute Gasteiger partial charge is 0.220 e. The predicted molar refractivity (Wildman–Crippen MR) is 85.1 cm³/mol. The Morgan fingerprint density at radius 1 is 1.40 bits per heavy atom. The molecule has 0 bridgehead atoms. The fraction of sp³-hybridized carbons (Fsp3) is 0.533. The van der Waals surface area contributed by atoms with Crippen LogP contribution in [0.3, 0.4) is 0 Å². The zero-order chi connectivity index (χ0) is 14.4. The van der Waals surface area contributed by atoms with Gasteiger partial charge in [-0.15, -0.1) is 11.8 Å². The van der Waals surface area contributed by atoms with Gasteiger partial charge in [-0.25, -0.2) is 0 Å². The molecule has 0 radical (unpaired) electrons. The van der Waals surface area contributed by atoms with E-state index in [1.54, 1.807) is 11.8 Å². The molecule has 3 nitrogen and oxygen atoms in total. The molecular weight excluding hydrogens is 292 g/mol. The lowest BCUT2D eigenvalue weighted by molar-refractivity contribution is -0.121. The molecule has 0 spiro atoms. The van der Waals surface area contributed by atoms with Crippen LogP contribution in [-0.4, -0.2) is 24.2 Å². The number of hydrogen-bond donors (Lipinski definition) is 2. The Morgan fingerprint density at radius 2 is 2.10 bits per heavy atom. The zero-order valence-corrected chi connectivity index (χ0v) is 13.1. The largest absolute Gasteiger partial charge is 0.352 e. The van der Waals surface area contributed by atoms with Crippen LogP contribution in [0.2, 0.25) is 5.02 Å². The van der Waals surface area contributed by atoms with Crippen molar-refractivity contribution in [3.05, 3.63) is 29.3 Å². The topological polar surface area (TPSA) is 55.1 Å². The molecule has 1 aliphatic rings. The number of amides is 1. The number of nitrogens with one attached hydrogen (secondary N) is 1. The lowest BCUT2D eigenvalue weighted by Gasteiger charge is -2.15. The third-order valence-corrected chi connectivity index (χ3v) is 4.77. The van der Waals surface area contributed by atoms with Crippen molar-refractivity contribution in [1.29, 1.82) is 0 Å². The van der Waals surface area contributed by atoms with E-state index in [2.05, 4.69) is 5.32 Å². The van der Waals surface area contributed by atoms with Crippen LogP contribution in [-0.2, 0) is 4.79 Å². The van der Waals surface area contributed by atoms with E-state index in [-0.39, 0.29) is 11.9 Å². The number of thioether (sulfide) groups is 1. The monoisotopic (exact) mass is 312 g/mol. The van der Waals surface area contributed by atoms with Gasteiger partial charge in [0, 0.05) is 28.9 Å². The molecule has 110 valence electrons. The summed E-state index contributed by atoms with van der Waals surface area (Å²) in [6.45, 7) is 0.552. The Labute approximate surface area is 129 Å². The number of hydrogen-bond acceptors (Lipinski definition) is 3. The third kappa shape index (κ3) is 5.35. The van der Waals surface area contributed by atoms with Crippen molar-refractivity contribution in [2.75, 3.05) is 12.3 Å². The average Bonchev–Trinajstić information content (AvgIpc) is 3.27. The van der Waals surface area contributed by atoms with Gasteiger partial charge in [-0.05, 0) is 55.2 Å². The molecule has 20 heavy (non-hydrogen) atoms. The molecule has 1 saturated carbocycles. The molecule has 0 aliphatic heterocycles. The van der Waals surface area contributed by atoms with Crippen LogP contribution in [0, 0.1) is 5.92 Å². The highest BCUT2D eigenvalue weighted by Crippen LogP contribution is 2.32. The lowest BCUT2D eigenvalue weighted by Crippen LogP contribution is -2.41. The SMILES string of the molecule is NCC(NC(=O)CCCSc1ccc(Cl)cc1)C1CC1. The first-order valence-corrected chi connectivity index (χ1v) is 8.43. The van der Waals surface area contributed by atoms with Gasteiger partial charge in [0.1, 0.15) is 0 Å². The van der Waals surface area contributed by atoms with Crippen LogP contribution in [0.4, 0.5) is 0 Å². The molecule has 2 rings (SSSR count). The van der Waals surface area contributed by atoms with Crippen molar-refractivity contribution in [1.82, 2.24) is 5.32 Å². The van der Waals surface area contributed by atoms with Gasteiger partial charge in [-0.2, -0.15) is 0 Å². The highest BCUT2D eigenvalue weighted by Gasteiger charge is 2.30. The Hall–Kier alpha value is -0.710. The fourth-order valence-corrected chi connectivity index (χ4v) is 3.08. The standard InChI is InChI=1S/C15H21ClN2OS/c16-12-5-7-13(8-6-12)20-9-1-2-15(19)18-14(10-17)11-3-4-11/h5-8,11,14H,1-4,9-10,17H2,(H,18,19). The first kappa shape index (κ1) is 15.7. The highest BCUT2D eigenvalue weighted by molar-refractivity contribution is 7.99. The molecule has 1 aromatic carbocycles. The first-order chi connectivity index (χ1) is 9.69. The van der Waals surface area contributed by atoms with Crippen molar-refractivity contribution < 1.29 is 4.79 Å². The van der Waals surface area contributed by atoms with Crippen molar-refractivity contribution in [2.24, 2.45) is 11.7 Å². The molecule has 1 unspecified atom stereocenters. The van der Waals surface area contributed by atoms with Gasteiger partial charge in [0.2, 0.25) is 5.91 Å². The van der Waals surface area contributed by atoms with Gasteiger partial charge in [-0.3, -0.25) is 4.79 Å².